The number of rotatable bonds is 4. The number of hydrogen-bond donors (Lipinski definition) is 0. The minimum Gasteiger partial charge on any atom is -0.497 e. The van der Waals surface area contributed by atoms with Crippen LogP contribution in [0.4, 0.5) is 0 Å². The smallest absolute Gasteiger partial charge is 0.321 e. The van der Waals surface area contributed by atoms with Crippen LogP contribution in [0, 0.1) is 0 Å². The second-order valence-electron chi connectivity index (χ2n) is 4.27. The number of pyridine rings is 1. The van der Waals surface area contributed by atoms with Crippen LogP contribution in [-0.2, 0) is 0 Å². The lowest BCUT2D eigenvalue weighted by molar-refractivity contribution is 0.415. The fourth-order valence-electron chi connectivity index (χ4n) is 1.81. The Morgan fingerprint density at radius 2 is 1.57 bits per heavy atom. The van der Waals surface area contributed by atoms with Gasteiger partial charge in [0.25, 0.3) is 0 Å². The van der Waals surface area contributed by atoms with Crippen LogP contribution < -0.4 is 9.47 Å². The molecule has 0 saturated carbocycles. The van der Waals surface area contributed by atoms with Crippen molar-refractivity contribution in [3.63, 3.8) is 0 Å². The van der Waals surface area contributed by atoms with E-state index in [0.717, 1.165) is 16.9 Å². The van der Waals surface area contributed by atoms with Gasteiger partial charge in [-0.05, 0) is 29.8 Å². The molecule has 3 rings (SSSR count). The highest BCUT2D eigenvalue weighted by atomic mass is 16.5. The third kappa shape index (κ3) is 3.14. The zero-order valence-electron chi connectivity index (χ0n) is 11.4. The SMILES string of the molecule is COc1ccc(-c2cnc(Oc3cccnc3)nc2)cc1. The molecule has 0 aliphatic rings. The van der Waals surface area contributed by atoms with Crippen molar-refractivity contribution in [1.82, 2.24) is 15.0 Å². The van der Waals surface area contributed by atoms with Gasteiger partial charge in [-0.3, -0.25) is 4.98 Å². The first kappa shape index (κ1) is 13.1. The number of nitrogens with zero attached hydrogens (tertiary/aromatic N) is 3. The number of benzene rings is 1. The molecule has 3 aromatic rings. The van der Waals surface area contributed by atoms with Gasteiger partial charge in [-0.2, -0.15) is 0 Å². The molecule has 5 heteroatoms. The summed E-state index contributed by atoms with van der Waals surface area (Å²) in [6.45, 7) is 0. The largest absolute Gasteiger partial charge is 0.497 e. The summed E-state index contributed by atoms with van der Waals surface area (Å²) < 4.78 is 10.6. The van der Waals surface area contributed by atoms with Crippen molar-refractivity contribution in [3.8, 4) is 28.6 Å². The van der Waals surface area contributed by atoms with Crippen LogP contribution in [0.15, 0.2) is 61.2 Å². The van der Waals surface area contributed by atoms with Gasteiger partial charge in [0.2, 0.25) is 0 Å². The van der Waals surface area contributed by atoms with Crippen molar-refractivity contribution in [3.05, 3.63) is 61.2 Å². The number of ether oxygens (including phenoxy) is 2. The van der Waals surface area contributed by atoms with Gasteiger partial charge < -0.3 is 9.47 Å². The molecular weight excluding hydrogens is 266 g/mol. The van der Waals surface area contributed by atoms with Crippen LogP contribution in [0.3, 0.4) is 0 Å². The summed E-state index contributed by atoms with van der Waals surface area (Å²) in [4.78, 5) is 12.4. The molecule has 0 unspecified atom stereocenters. The maximum atomic E-state index is 5.50. The molecule has 0 fully saturated rings. The van der Waals surface area contributed by atoms with Gasteiger partial charge in [0.15, 0.2) is 0 Å². The predicted molar refractivity (Wildman–Crippen MR) is 78.3 cm³/mol. The van der Waals surface area contributed by atoms with Crippen LogP contribution in [0.25, 0.3) is 11.1 Å². The summed E-state index contributed by atoms with van der Waals surface area (Å²) in [7, 11) is 1.64. The fourth-order valence-corrected chi connectivity index (χ4v) is 1.81. The second-order valence-corrected chi connectivity index (χ2v) is 4.27. The molecule has 21 heavy (non-hydrogen) atoms. The lowest BCUT2D eigenvalue weighted by Gasteiger charge is -2.05. The summed E-state index contributed by atoms with van der Waals surface area (Å²) in [6.07, 6.45) is 6.74. The van der Waals surface area contributed by atoms with Crippen LogP contribution in [0.5, 0.6) is 17.5 Å². The van der Waals surface area contributed by atoms with E-state index >= 15 is 0 Å². The van der Waals surface area contributed by atoms with Gasteiger partial charge >= 0.3 is 6.01 Å². The van der Waals surface area contributed by atoms with E-state index in [2.05, 4.69) is 15.0 Å². The molecular formula is C16H13N3O2. The van der Waals surface area contributed by atoms with Gasteiger partial charge in [-0.1, -0.05) is 12.1 Å². The molecule has 0 atom stereocenters. The van der Waals surface area contributed by atoms with E-state index in [1.54, 1.807) is 44.0 Å². The molecule has 2 heterocycles. The summed E-state index contributed by atoms with van der Waals surface area (Å²) in [6, 6.07) is 11.6. The third-order valence-electron chi connectivity index (χ3n) is 2.90. The molecule has 1 aromatic carbocycles. The van der Waals surface area contributed by atoms with Gasteiger partial charge in [0.05, 0.1) is 13.3 Å². The Kier molecular flexibility index (Phi) is 3.73. The van der Waals surface area contributed by atoms with Crippen LogP contribution in [0.1, 0.15) is 0 Å². The van der Waals surface area contributed by atoms with Gasteiger partial charge in [-0.15, -0.1) is 0 Å². The normalized spacial score (nSPS) is 10.1. The molecule has 0 spiro atoms. The fraction of sp³-hybridized carbons (Fsp3) is 0.0625. The van der Waals surface area contributed by atoms with E-state index in [0.29, 0.717) is 11.8 Å². The molecule has 0 N–H and O–H groups in total. The first-order chi connectivity index (χ1) is 10.3. The highest BCUT2D eigenvalue weighted by molar-refractivity contribution is 5.62. The molecule has 0 aliphatic carbocycles. The number of aromatic nitrogens is 3. The Morgan fingerprint density at radius 3 is 2.19 bits per heavy atom. The lowest BCUT2D eigenvalue weighted by atomic mass is 10.1. The highest BCUT2D eigenvalue weighted by Gasteiger charge is 2.03. The minimum atomic E-state index is 0.292. The van der Waals surface area contributed by atoms with Crippen molar-refractivity contribution in [2.75, 3.05) is 7.11 Å². The maximum Gasteiger partial charge on any atom is 0.321 e. The molecule has 0 aliphatic heterocycles. The first-order valence-corrected chi connectivity index (χ1v) is 6.39. The second kappa shape index (κ2) is 6.00. The van der Waals surface area contributed by atoms with Gasteiger partial charge in [0.1, 0.15) is 11.5 Å². The highest BCUT2D eigenvalue weighted by Crippen LogP contribution is 2.22. The van der Waals surface area contributed by atoms with Gasteiger partial charge in [0, 0.05) is 24.2 Å². The standard InChI is InChI=1S/C16H13N3O2/c1-20-14-6-4-12(5-7-14)13-9-18-16(19-10-13)21-15-3-2-8-17-11-15/h2-11H,1H3. The Balaban J connectivity index is 1.77. The van der Waals surface area contributed by atoms with E-state index in [1.807, 2.05) is 24.3 Å². The van der Waals surface area contributed by atoms with Crippen LogP contribution in [0.2, 0.25) is 0 Å². The van der Waals surface area contributed by atoms with Gasteiger partial charge in [-0.25, -0.2) is 9.97 Å². The van der Waals surface area contributed by atoms with Crippen molar-refractivity contribution >= 4 is 0 Å². The van der Waals surface area contributed by atoms with E-state index in [-0.39, 0.29) is 0 Å². The first-order valence-electron chi connectivity index (χ1n) is 6.39. The van der Waals surface area contributed by atoms with Crippen LogP contribution >= 0.6 is 0 Å². The summed E-state index contributed by atoms with van der Waals surface area (Å²) in [5.41, 5.74) is 1.93. The monoisotopic (exact) mass is 279 g/mol. The molecule has 2 aromatic heterocycles. The third-order valence-corrected chi connectivity index (χ3v) is 2.90. The Hall–Kier alpha value is -2.95. The summed E-state index contributed by atoms with van der Waals surface area (Å²) >= 11 is 0. The zero-order valence-corrected chi connectivity index (χ0v) is 11.4. The van der Waals surface area contributed by atoms with E-state index < -0.39 is 0 Å². The average Bonchev–Trinajstić information content (AvgIpc) is 2.57. The molecule has 0 amide bonds. The Bertz CT molecular complexity index is 698. The summed E-state index contributed by atoms with van der Waals surface area (Å²) in [5, 5.41) is 0. The lowest BCUT2D eigenvalue weighted by Crippen LogP contribution is -1.92. The molecule has 5 nitrogen and oxygen atoms in total. The van der Waals surface area contributed by atoms with E-state index in [1.165, 1.54) is 0 Å². The Morgan fingerprint density at radius 1 is 0.810 bits per heavy atom. The molecule has 0 bridgehead atoms. The quantitative estimate of drug-likeness (QED) is 0.733. The molecule has 104 valence electrons. The number of hydrogen-bond acceptors (Lipinski definition) is 5. The molecule has 0 radical (unpaired) electrons. The summed E-state index contributed by atoms with van der Waals surface area (Å²) in [5.74, 6) is 1.42. The van der Waals surface area contributed by atoms with Crippen molar-refractivity contribution < 1.29 is 9.47 Å². The van der Waals surface area contributed by atoms with Crippen molar-refractivity contribution in [2.24, 2.45) is 0 Å². The predicted octanol–water partition coefficient (Wildman–Crippen LogP) is 3.34. The average molecular weight is 279 g/mol. The van der Waals surface area contributed by atoms with Crippen molar-refractivity contribution in [1.29, 1.82) is 0 Å². The topological polar surface area (TPSA) is 57.1 Å². The van der Waals surface area contributed by atoms with Crippen LogP contribution in [-0.4, -0.2) is 22.1 Å². The molecule has 0 saturated heterocycles. The minimum absolute atomic E-state index is 0.292. The van der Waals surface area contributed by atoms with E-state index in [9.17, 15) is 0 Å². The zero-order chi connectivity index (χ0) is 14.5. The Labute approximate surface area is 122 Å². The number of methoxy groups -OCH3 is 1. The maximum absolute atomic E-state index is 5.50. The van der Waals surface area contributed by atoms with E-state index in [4.69, 9.17) is 9.47 Å². The van der Waals surface area contributed by atoms with Crippen molar-refractivity contribution in [2.45, 2.75) is 0 Å².